The van der Waals surface area contributed by atoms with Gasteiger partial charge in [-0.15, -0.1) is 0 Å². The number of hydrogen-bond donors (Lipinski definition) is 2. The number of carbonyl (C=O) groups excluding carboxylic acids is 2. The van der Waals surface area contributed by atoms with Crippen molar-refractivity contribution >= 4 is 34.9 Å². The quantitative estimate of drug-likeness (QED) is 0.872. The molecule has 0 saturated carbocycles. The molecule has 114 valence electrons. The van der Waals surface area contributed by atoms with E-state index < -0.39 is 11.3 Å². The van der Waals surface area contributed by atoms with E-state index in [0.29, 0.717) is 23.1 Å². The average Bonchev–Trinajstić information content (AvgIpc) is 2.82. The molecule has 0 radical (unpaired) electrons. The maximum atomic E-state index is 12.5. The lowest BCUT2D eigenvalue weighted by molar-refractivity contribution is -0.130. The van der Waals surface area contributed by atoms with Gasteiger partial charge in [-0.3, -0.25) is 9.59 Å². The second kappa shape index (κ2) is 6.34. The van der Waals surface area contributed by atoms with Crippen molar-refractivity contribution in [3.63, 3.8) is 0 Å². The second-order valence-electron chi connectivity index (χ2n) is 5.66. The van der Waals surface area contributed by atoms with Gasteiger partial charge in [0.05, 0.1) is 10.0 Å². The summed E-state index contributed by atoms with van der Waals surface area (Å²) in [7, 11) is 0. The molecule has 0 spiro atoms. The van der Waals surface area contributed by atoms with Crippen molar-refractivity contribution in [2.75, 3.05) is 13.1 Å². The number of benzene rings is 1. The first-order chi connectivity index (χ1) is 9.84. The van der Waals surface area contributed by atoms with Gasteiger partial charge in [0, 0.05) is 37.3 Å². The highest BCUT2D eigenvalue weighted by Crippen LogP contribution is 2.42. The summed E-state index contributed by atoms with van der Waals surface area (Å²) in [4.78, 5) is 23.4. The first-order valence-corrected chi connectivity index (χ1v) is 7.57. The predicted octanol–water partition coefficient (Wildman–Crippen LogP) is 2.52. The summed E-state index contributed by atoms with van der Waals surface area (Å²) < 4.78 is 0. The Labute approximate surface area is 134 Å². The highest BCUT2D eigenvalue weighted by atomic mass is 35.5. The SMILES string of the molecule is C[C@]1(C(=O)CCC(N)=O)CNC[C@H]1c1ccc(Cl)c(Cl)c1. The number of rotatable bonds is 5. The van der Waals surface area contributed by atoms with Crippen molar-refractivity contribution in [1.82, 2.24) is 5.32 Å². The van der Waals surface area contributed by atoms with E-state index in [2.05, 4.69) is 5.32 Å². The van der Waals surface area contributed by atoms with E-state index in [1.165, 1.54) is 0 Å². The van der Waals surface area contributed by atoms with E-state index in [4.69, 9.17) is 28.9 Å². The molecule has 0 unspecified atom stereocenters. The van der Waals surface area contributed by atoms with Crippen molar-refractivity contribution in [1.29, 1.82) is 0 Å². The first-order valence-electron chi connectivity index (χ1n) is 6.82. The fourth-order valence-electron chi connectivity index (χ4n) is 2.85. The van der Waals surface area contributed by atoms with Gasteiger partial charge in [-0.05, 0) is 17.7 Å². The molecular formula is C15H18Cl2N2O2. The molecule has 1 amide bonds. The Kier molecular flexibility index (Phi) is 4.91. The normalized spacial score (nSPS) is 25.0. The van der Waals surface area contributed by atoms with Crippen molar-refractivity contribution < 1.29 is 9.59 Å². The monoisotopic (exact) mass is 328 g/mol. The van der Waals surface area contributed by atoms with Crippen LogP contribution in [0.2, 0.25) is 10.0 Å². The maximum Gasteiger partial charge on any atom is 0.217 e. The molecule has 1 aromatic rings. The molecule has 0 aliphatic carbocycles. The van der Waals surface area contributed by atoms with Crippen molar-refractivity contribution in [3.05, 3.63) is 33.8 Å². The molecule has 0 aromatic heterocycles. The van der Waals surface area contributed by atoms with Gasteiger partial charge in [0.1, 0.15) is 5.78 Å². The Morgan fingerprint density at radius 2 is 2.05 bits per heavy atom. The van der Waals surface area contributed by atoms with Gasteiger partial charge < -0.3 is 11.1 Å². The third-order valence-electron chi connectivity index (χ3n) is 4.19. The van der Waals surface area contributed by atoms with Crippen LogP contribution in [-0.2, 0) is 9.59 Å². The van der Waals surface area contributed by atoms with E-state index in [1.807, 2.05) is 13.0 Å². The van der Waals surface area contributed by atoms with Gasteiger partial charge in [-0.2, -0.15) is 0 Å². The number of Topliss-reactive ketones (excluding diaryl/α,β-unsaturated/α-hetero) is 1. The Morgan fingerprint density at radius 3 is 2.67 bits per heavy atom. The zero-order valence-electron chi connectivity index (χ0n) is 11.8. The van der Waals surface area contributed by atoms with Gasteiger partial charge >= 0.3 is 0 Å². The van der Waals surface area contributed by atoms with Crippen LogP contribution in [0.3, 0.4) is 0 Å². The number of nitrogens with two attached hydrogens (primary N) is 1. The molecule has 1 aliphatic rings. The topological polar surface area (TPSA) is 72.2 Å². The zero-order chi connectivity index (χ0) is 15.6. The minimum atomic E-state index is -0.563. The predicted molar refractivity (Wildman–Crippen MR) is 83.6 cm³/mol. The Morgan fingerprint density at radius 1 is 1.33 bits per heavy atom. The Bertz CT molecular complexity index is 577. The number of ketones is 1. The summed E-state index contributed by atoms with van der Waals surface area (Å²) >= 11 is 12.0. The first kappa shape index (κ1) is 16.3. The number of halogens is 2. The molecule has 2 rings (SSSR count). The lowest BCUT2D eigenvalue weighted by Crippen LogP contribution is -2.35. The molecular weight excluding hydrogens is 311 g/mol. The zero-order valence-corrected chi connectivity index (χ0v) is 13.3. The summed E-state index contributed by atoms with van der Waals surface area (Å²) in [5, 5.41) is 4.22. The molecule has 0 bridgehead atoms. The van der Waals surface area contributed by atoms with Gasteiger partial charge in [0.2, 0.25) is 5.91 Å². The summed E-state index contributed by atoms with van der Waals surface area (Å²) in [6, 6.07) is 5.44. The van der Waals surface area contributed by atoms with Crippen LogP contribution in [0.25, 0.3) is 0 Å². The van der Waals surface area contributed by atoms with Crippen LogP contribution in [0.15, 0.2) is 18.2 Å². The fourth-order valence-corrected chi connectivity index (χ4v) is 3.16. The van der Waals surface area contributed by atoms with E-state index >= 15 is 0 Å². The third kappa shape index (κ3) is 3.39. The molecule has 1 aliphatic heterocycles. The van der Waals surface area contributed by atoms with Crippen LogP contribution in [0.5, 0.6) is 0 Å². The molecule has 6 heteroatoms. The molecule has 1 aromatic carbocycles. The molecule has 1 heterocycles. The van der Waals surface area contributed by atoms with E-state index in [9.17, 15) is 9.59 Å². The van der Waals surface area contributed by atoms with E-state index in [-0.39, 0.29) is 24.5 Å². The highest BCUT2D eigenvalue weighted by Gasteiger charge is 2.45. The second-order valence-corrected chi connectivity index (χ2v) is 6.48. The van der Waals surface area contributed by atoms with Crippen LogP contribution in [-0.4, -0.2) is 24.8 Å². The molecule has 1 saturated heterocycles. The Balaban J connectivity index is 2.23. The number of hydrogen-bond acceptors (Lipinski definition) is 3. The smallest absolute Gasteiger partial charge is 0.217 e. The largest absolute Gasteiger partial charge is 0.370 e. The molecule has 2 atom stereocenters. The summed E-state index contributed by atoms with van der Waals surface area (Å²) in [6.07, 6.45) is 0.258. The molecule has 3 N–H and O–H groups in total. The number of carbonyl (C=O) groups is 2. The Hall–Kier alpha value is -1.10. The molecule has 21 heavy (non-hydrogen) atoms. The fraction of sp³-hybridized carbons (Fsp3) is 0.467. The van der Waals surface area contributed by atoms with Crippen LogP contribution < -0.4 is 11.1 Å². The van der Waals surface area contributed by atoms with Crippen LogP contribution in [0.1, 0.15) is 31.2 Å². The van der Waals surface area contributed by atoms with Gasteiger partial charge in [-0.1, -0.05) is 36.2 Å². The standard InChI is InChI=1S/C15H18Cl2N2O2/c1-15(13(20)4-5-14(18)21)8-19-7-10(15)9-2-3-11(16)12(17)6-9/h2-3,6,10,19H,4-5,7-8H2,1H3,(H2,18,21)/t10-,15-/m0/s1. The highest BCUT2D eigenvalue weighted by molar-refractivity contribution is 6.42. The lowest BCUT2D eigenvalue weighted by Gasteiger charge is -2.29. The number of primary amides is 1. The summed E-state index contributed by atoms with van der Waals surface area (Å²) in [5.74, 6) is -0.404. The average molecular weight is 329 g/mol. The summed E-state index contributed by atoms with van der Waals surface area (Å²) in [5.41, 5.74) is 5.54. The van der Waals surface area contributed by atoms with Gasteiger partial charge in [-0.25, -0.2) is 0 Å². The molecule has 1 fully saturated rings. The lowest BCUT2D eigenvalue weighted by atomic mass is 9.72. The minimum Gasteiger partial charge on any atom is -0.370 e. The molecule has 4 nitrogen and oxygen atoms in total. The minimum absolute atomic E-state index is 0.00708. The summed E-state index contributed by atoms with van der Waals surface area (Å²) in [6.45, 7) is 3.19. The van der Waals surface area contributed by atoms with Gasteiger partial charge in [0.25, 0.3) is 0 Å². The van der Waals surface area contributed by atoms with E-state index in [0.717, 1.165) is 5.56 Å². The van der Waals surface area contributed by atoms with Crippen molar-refractivity contribution in [3.8, 4) is 0 Å². The van der Waals surface area contributed by atoms with Crippen molar-refractivity contribution in [2.45, 2.75) is 25.7 Å². The van der Waals surface area contributed by atoms with E-state index in [1.54, 1.807) is 12.1 Å². The number of nitrogens with one attached hydrogen (secondary N) is 1. The van der Waals surface area contributed by atoms with Crippen molar-refractivity contribution in [2.24, 2.45) is 11.1 Å². The number of amides is 1. The van der Waals surface area contributed by atoms with Crippen LogP contribution in [0, 0.1) is 5.41 Å². The maximum absolute atomic E-state index is 12.5. The van der Waals surface area contributed by atoms with Crippen LogP contribution >= 0.6 is 23.2 Å². The van der Waals surface area contributed by atoms with Gasteiger partial charge in [0.15, 0.2) is 0 Å². The van der Waals surface area contributed by atoms with Crippen LogP contribution in [0.4, 0.5) is 0 Å². The third-order valence-corrected chi connectivity index (χ3v) is 4.93.